The van der Waals surface area contributed by atoms with Gasteiger partial charge in [0.05, 0.1) is 12.6 Å². The molecule has 22 nitrogen and oxygen atoms in total. The number of hydrogen-bond acceptors (Lipinski definition) is 11. The Morgan fingerprint density at radius 2 is 1.00 bits per heavy atom. The van der Waals surface area contributed by atoms with Gasteiger partial charge in [-0.15, -0.1) is 0 Å². The first-order chi connectivity index (χ1) is 25.1. The van der Waals surface area contributed by atoms with Crippen molar-refractivity contribution in [3.8, 4) is 0 Å². The van der Waals surface area contributed by atoms with Crippen LogP contribution in [-0.4, -0.2) is 126 Å². The molecule has 308 valence electrons. The average Bonchev–Trinajstić information content (AvgIpc) is 3.07. The monoisotopic (exact) mass is 771 g/mol. The van der Waals surface area contributed by atoms with Gasteiger partial charge in [-0.3, -0.25) is 43.5 Å². The molecule has 54 heavy (non-hydrogen) atoms. The maximum atomic E-state index is 13.6. The van der Waals surface area contributed by atoms with Gasteiger partial charge in [-0.1, -0.05) is 27.7 Å². The molecule has 6 amide bonds. The van der Waals surface area contributed by atoms with Gasteiger partial charge in [0, 0.05) is 13.1 Å². The number of carbonyl (C=O) groups is 7. The quantitative estimate of drug-likeness (QED) is 0.0235. The lowest BCUT2D eigenvalue weighted by Crippen LogP contribution is -2.60. The van der Waals surface area contributed by atoms with E-state index in [4.69, 9.17) is 33.8 Å². The predicted octanol–water partition coefficient (Wildman–Crippen LogP) is -4.85. The van der Waals surface area contributed by atoms with Crippen molar-refractivity contribution in [2.75, 3.05) is 19.7 Å². The molecule has 0 saturated carbocycles. The van der Waals surface area contributed by atoms with Crippen LogP contribution in [-0.2, 0) is 33.6 Å². The Kier molecular flexibility index (Phi) is 22.5. The molecule has 22 heteroatoms. The molecule has 0 fully saturated rings. The molecule has 0 aliphatic carbocycles. The Hall–Kier alpha value is -5.25. The van der Waals surface area contributed by atoms with Crippen LogP contribution in [0.1, 0.15) is 73.6 Å². The zero-order chi connectivity index (χ0) is 41.7. The third kappa shape index (κ3) is 19.5. The molecule has 0 bridgehead atoms. The van der Waals surface area contributed by atoms with Crippen molar-refractivity contribution in [1.29, 1.82) is 0 Å². The first-order valence-electron chi connectivity index (χ1n) is 17.6. The smallest absolute Gasteiger partial charge is 0.325 e. The number of aliphatic carboxylic acids is 1. The van der Waals surface area contributed by atoms with E-state index in [2.05, 4.69) is 41.9 Å². The number of hydrogen-bond donors (Lipinski definition) is 13. The van der Waals surface area contributed by atoms with Gasteiger partial charge < -0.3 is 70.8 Å². The number of nitrogens with one attached hydrogen (secondary N) is 6. The molecule has 0 aromatic carbocycles. The third-order valence-electron chi connectivity index (χ3n) is 7.76. The SMILES string of the molecule is CC(C)C[C@H](N)C(=O)N[C@@H](CCCN=C(N)N)C(=O)N[C@@H](CCCN=C(N)N)C(=O)N[C@@H](C)C(=O)N[C@@H](CO)C(=O)N[C@H](C(=O)N[C@@H](C)C(=O)O)C(C)C. The summed E-state index contributed by atoms with van der Waals surface area (Å²) in [7, 11) is 0. The summed E-state index contributed by atoms with van der Waals surface area (Å²) in [6.07, 6.45) is 0.901. The standard InChI is InChI=1S/C32H61N13O9/c1-15(2)13-19(33)25(48)42-21(10-8-12-39-32(36)37)27(50)43-20(9-7-11-38-31(34)35)26(49)40-17(5)24(47)44-22(14-46)28(51)45-23(16(3)4)29(52)41-18(6)30(53)54/h15-23,46H,7-14,33H2,1-6H3,(H,40,49)(H,41,52)(H,42,48)(H,43,50)(H,44,47)(H,45,51)(H,53,54)(H4,34,35,38)(H4,36,37,39)/t17-,18-,19-,20-,21-,22-,23-/m0/s1. The second-order valence-electron chi connectivity index (χ2n) is 13.5. The van der Waals surface area contributed by atoms with Gasteiger partial charge in [0.1, 0.15) is 36.3 Å². The highest BCUT2D eigenvalue weighted by Crippen LogP contribution is 2.08. The Labute approximate surface area is 315 Å². The minimum absolute atomic E-state index is 0.00889. The molecule has 0 aliphatic rings. The van der Waals surface area contributed by atoms with Gasteiger partial charge in [0.15, 0.2) is 11.9 Å². The predicted molar refractivity (Wildman–Crippen MR) is 200 cm³/mol. The van der Waals surface area contributed by atoms with Crippen molar-refractivity contribution in [3.63, 3.8) is 0 Å². The third-order valence-corrected chi connectivity index (χ3v) is 7.76. The fraction of sp³-hybridized carbons (Fsp3) is 0.719. The Morgan fingerprint density at radius 1 is 0.574 bits per heavy atom. The highest BCUT2D eigenvalue weighted by molar-refractivity contribution is 5.97. The summed E-state index contributed by atoms with van der Waals surface area (Å²) in [5.41, 5.74) is 27.6. The zero-order valence-electron chi connectivity index (χ0n) is 31.9. The number of aliphatic hydroxyl groups is 1. The van der Waals surface area contributed by atoms with Crippen LogP contribution in [0.3, 0.4) is 0 Å². The lowest BCUT2D eigenvalue weighted by molar-refractivity contribution is -0.142. The van der Waals surface area contributed by atoms with E-state index in [1.165, 1.54) is 13.8 Å². The minimum Gasteiger partial charge on any atom is -0.480 e. The van der Waals surface area contributed by atoms with E-state index in [1.807, 2.05) is 13.8 Å². The summed E-state index contributed by atoms with van der Waals surface area (Å²) < 4.78 is 0. The molecule has 0 aromatic heterocycles. The Morgan fingerprint density at radius 3 is 1.43 bits per heavy atom. The van der Waals surface area contributed by atoms with Gasteiger partial charge in [0.25, 0.3) is 0 Å². The molecule has 0 saturated heterocycles. The number of carboxylic acid groups (broad SMARTS) is 1. The molecule has 0 heterocycles. The van der Waals surface area contributed by atoms with Crippen LogP contribution in [0.25, 0.3) is 0 Å². The Balaban J connectivity index is 5.96. The van der Waals surface area contributed by atoms with Crippen LogP contribution in [0.4, 0.5) is 0 Å². The number of rotatable bonds is 25. The summed E-state index contributed by atoms with van der Waals surface area (Å²) >= 11 is 0. The van der Waals surface area contributed by atoms with Crippen LogP contribution in [0.5, 0.6) is 0 Å². The lowest BCUT2D eigenvalue weighted by Gasteiger charge is -2.27. The van der Waals surface area contributed by atoms with Gasteiger partial charge >= 0.3 is 5.97 Å². The van der Waals surface area contributed by atoms with E-state index in [0.717, 1.165) is 0 Å². The normalized spacial score (nSPS) is 14.9. The van der Waals surface area contributed by atoms with Crippen molar-refractivity contribution in [3.05, 3.63) is 0 Å². The van der Waals surface area contributed by atoms with Gasteiger partial charge in [-0.25, -0.2) is 0 Å². The summed E-state index contributed by atoms with van der Waals surface area (Å²) in [6, 6.07) is -8.66. The maximum Gasteiger partial charge on any atom is 0.325 e. The fourth-order valence-electron chi connectivity index (χ4n) is 4.73. The highest BCUT2D eigenvalue weighted by atomic mass is 16.4. The van der Waals surface area contributed by atoms with E-state index in [9.17, 15) is 38.7 Å². The van der Waals surface area contributed by atoms with E-state index in [0.29, 0.717) is 6.42 Å². The molecule has 18 N–H and O–H groups in total. The molecule has 0 radical (unpaired) electrons. The van der Waals surface area contributed by atoms with Crippen LogP contribution in [0, 0.1) is 11.8 Å². The second-order valence-corrected chi connectivity index (χ2v) is 13.5. The van der Waals surface area contributed by atoms with Crippen LogP contribution in [0.15, 0.2) is 9.98 Å². The number of carboxylic acids is 1. The maximum absolute atomic E-state index is 13.6. The topological polar surface area (TPSA) is 387 Å². The van der Waals surface area contributed by atoms with Crippen LogP contribution in [0.2, 0.25) is 0 Å². The number of nitrogens with two attached hydrogens (primary N) is 5. The molecular weight excluding hydrogens is 710 g/mol. The van der Waals surface area contributed by atoms with Crippen LogP contribution < -0.4 is 60.6 Å². The van der Waals surface area contributed by atoms with Crippen molar-refractivity contribution in [2.24, 2.45) is 50.5 Å². The molecule has 0 rings (SSSR count). The number of nitrogens with zero attached hydrogens (tertiary/aromatic N) is 2. The molecule has 0 unspecified atom stereocenters. The van der Waals surface area contributed by atoms with E-state index >= 15 is 0 Å². The van der Waals surface area contributed by atoms with Gasteiger partial charge in [-0.2, -0.15) is 0 Å². The zero-order valence-corrected chi connectivity index (χ0v) is 31.9. The highest BCUT2D eigenvalue weighted by Gasteiger charge is 2.33. The second kappa shape index (κ2) is 24.9. The number of guanidine groups is 2. The average molecular weight is 772 g/mol. The molecule has 7 atom stereocenters. The Bertz CT molecular complexity index is 1330. The minimum atomic E-state index is -1.57. The number of aliphatic imine (C=N–C) groups is 2. The summed E-state index contributed by atoms with van der Waals surface area (Å²) in [5.74, 6) is -6.83. The number of carbonyl (C=O) groups excluding carboxylic acids is 6. The fourth-order valence-corrected chi connectivity index (χ4v) is 4.73. The summed E-state index contributed by atoms with van der Waals surface area (Å²) in [4.78, 5) is 97.5. The first kappa shape index (κ1) is 48.8. The van der Waals surface area contributed by atoms with Crippen molar-refractivity contribution in [1.82, 2.24) is 31.9 Å². The van der Waals surface area contributed by atoms with Crippen molar-refractivity contribution >= 4 is 53.3 Å². The van der Waals surface area contributed by atoms with Gasteiger partial charge in [0.2, 0.25) is 35.4 Å². The van der Waals surface area contributed by atoms with E-state index < -0.39 is 96.2 Å². The van der Waals surface area contributed by atoms with Crippen molar-refractivity contribution in [2.45, 2.75) is 116 Å². The molecule has 0 spiro atoms. The molecule has 0 aliphatic heterocycles. The first-order valence-corrected chi connectivity index (χ1v) is 17.6. The largest absolute Gasteiger partial charge is 0.480 e. The number of aliphatic hydroxyl groups excluding tert-OH is 1. The van der Waals surface area contributed by atoms with Crippen LogP contribution >= 0.6 is 0 Å². The van der Waals surface area contributed by atoms with E-state index in [-0.39, 0.29) is 56.6 Å². The summed E-state index contributed by atoms with van der Waals surface area (Å²) in [6.45, 7) is 8.84. The van der Waals surface area contributed by atoms with Gasteiger partial charge in [-0.05, 0) is 57.8 Å². The van der Waals surface area contributed by atoms with E-state index in [1.54, 1.807) is 13.8 Å². The molecule has 0 aromatic rings. The molecular formula is C32H61N13O9. The number of amides is 6. The van der Waals surface area contributed by atoms with Crippen molar-refractivity contribution < 1.29 is 43.8 Å². The lowest BCUT2D eigenvalue weighted by atomic mass is 10.0. The summed E-state index contributed by atoms with van der Waals surface area (Å²) in [5, 5.41) is 33.6.